The van der Waals surface area contributed by atoms with Crippen molar-refractivity contribution in [1.29, 1.82) is 5.26 Å². The Kier molecular flexibility index (Phi) is 5.24. The van der Waals surface area contributed by atoms with Crippen molar-refractivity contribution in [3.05, 3.63) is 61.9 Å². The fourth-order valence-electron chi connectivity index (χ4n) is 3.19. The van der Waals surface area contributed by atoms with Crippen LogP contribution in [0.5, 0.6) is 5.75 Å². The largest absolute Gasteiger partial charge is 0.491 e. The van der Waals surface area contributed by atoms with Crippen LogP contribution in [0.15, 0.2) is 33.9 Å². The number of nitriles is 1. The molecule has 1 aliphatic heterocycles. The quantitative estimate of drug-likeness (QED) is 0.828. The molecule has 2 aromatic rings. The van der Waals surface area contributed by atoms with Crippen LogP contribution >= 0.6 is 0 Å². The molecule has 1 atom stereocenters. The Labute approximate surface area is 150 Å². The average Bonchev–Trinajstić information content (AvgIpc) is 3.14. The molecule has 0 saturated heterocycles. The summed E-state index contributed by atoms with van der Waals surface area (Å²) in [5, 5.41) is 19.5. The molecule has 26 heavy (non-hydrogen) atoms. The van der Waals surface area contributed by atoms with Gasteiger partial charge in [-0.3, -0.25) is 13.9 Å². The van der Waals surface area contributed by atoms with Gasteiger partial charge in [0, 0.05) is 12.2 Å². The lowest BCUT2D eigenvalue weighted by atomic mass is 10.2. The van der Waals surface area contributed by atoms with E-state index in [0.29, 0.717) is 24.4 Å². The van der Waals surface area contributed by atoms with Crippen molar-refractivity contribution in [1.82, 2.24) is 9.13 Å². The number of aliphatic hydroxyl groups excluding tert-OH is 1. The molecule has 0 bridgehead atoms. The molecule has 0 spiro atoms. The minimum absolute atomic E-state index is 0.00891. The minimum atomic E-state index is -1.04. The molecule has 0 fully saturated rings. The molecule has 1 aromatic heterocycles. The van der Waals surface area contributed by atoms with E-state index in [4.69, 9.17) is 4.74 Å². The van der Waals surface area contributed by atoms with Crippen LogP contribution in [-0.4, -0.2) is 27.0 Å². The van der Waals surface area contributed by atoms with Crippen molar-refractivity contribution >= 4 is 0 Å². The number of rotatable bonds is 6. The first-order valence-corrected chi connectivity index (χ1v) is 8.71. The molecular formula is C19H21N3O4. The van der Waals surface area contributed by atoms with Gasteiger partial charge in [0.2, 0.25) is 0 Å². The van der Waals surface area contributed by atoms with Crippen LogP contribution in [0.4, 0.5) is 0 Å². The van der Waals surface area contributed by atoms with E-state index >= 15 is 0 Å². The third-order valence-corrected chi connectivity index (χ3v) is 4.61. The van der Waals surface area contributed by atoms with Crippen LogP contribution < -0.4 is 16.0 Å². The standard InChI is InChI=1S/C19H21N3O4/c1-2-13-5-7-15(8-6-13)26-12-14(23)11-22-18(24)16(10-20)17-4-3-9-21(17)19(22)25/h5-8,14,23H,2-4,9,11-12H2,1H3/t14-/m1/s1. The Morgan fingerprint density at radius 3 is 2.69 bits per heavy atom. The maximum absolute atomic E-state index is 12.5. The summed E-state index contributed by atoms with van der Waals surface area (Å²) in [7, 11) is 0. The van der Waals surface area contributed by atoms with Gasteiger partial charge in [-0.05, 0) is 37.0 Å². The van der Waals surface area contributed by atoms with E-state index in [-0.39, 0.29) is 18.7 Å². The molecule has 7 nitrogen and oxygen atoms in total. The Bertz CT molecular complexity index is 951. The van der Waals surface area contributed by atoms with E-state index in [9.17, 15) is 20.0 Å². The molecule has 7 heteroatoms. The zero-order chi connectivity index (χ0) is 18.7. The van der Waals surface area contributed by atoms with Crippen molar-refractivity contribution in [2.24, 2.45) is 0 Å². The number of aliphatic hydroxyl groups is 1. The van der Waals surface area contributed by atoms with Crippen molar-refractivity contribution in [3.63, 3.8) is 0 Å². The summed E-state index contributed by atoms with van der Waals surface area (Å²) >= 11 is 0. The van der Waals surface area contributed by atoms with Crippen molar-refractivity contribution in [2.45, 2.75) is 45.4 Å². The van der Waals surface area contributed by atoms with Gasteiger partial charge in [-0.15, -0.1) is 0 Å². The summed E-state index contributed by atoms with van der Waals surface area (Å²) in [5.74, 6) is 0.608. The Morgan fingerprint density at radius 2 is 2.04 bits per heavy atom. The van der Waals surface area contributed by atoms with Gasteiger partial charge in [-0.25, -0.2) is 4.79 Å². The maximum Gasteiger partial charge on any atom is 0.331 e. The molecule has 1 aliphatic rings. The lowest BCUT2D eigenvalue weighted by Crippen LogP contribution is -2.44. The highest BCUT2D eigenvalue weighted by Crippen LogP contribution is 2.14. The second-order valence-corrected chi connectivity index (χ2v) is 6.35. The van der Waals surface area contributed by atoms with E-state index in [1.807, 2.05) is 30.3 Å². The zero-order valence-electron chi connectivity index (χ0n) is 14.6. The molecule has 0 saturated carbocycles. The van der Waals surface area contributed by atoms with Gasteiger partial charge >= 0.3 is 5.69 Å². The molecule has 0 amide bonds. The summed E-state index contributed by atoms with van der Waals surface area (Å²) in [6.45, 7) is 2.28. The zero-order valence-corrected chi connectivity index (χ0v) is 14.6. The number of hydrogen-bond acceptors (Lipinski definition) is 5. The molecule has 0 radical (unpaired) electrons. The Balaban J connectivity index is 1.75. The average molecular weight is 355 g/mol. The van der Waals surface area contributed by atoms with Gasteiger partial charge in [0.1, 0.15) is 30.1 Å². The minimum Gasteiger partial charge on any atom is -0.491 e. The van der Waals surface area contributed by atoms with Crippen molar-refractivity contribution < 1.29 is 9.84 Å². The summed E-state index contributed by atoms with van der Waals surface area (Å²) in [5.41, 5.74) is 0.551. The fraction of sp³-hybridized carbons (Fsp3) is 0.421. The van der Waals surface area contributed by atoms with Crippen LogP contribution in [-0.2, 0) is 25.9 Å². The number of aryl methyl sites for hydroxylation is 1. The van der Waals surface area contributed by atoms with E-state index in [0.717, 1.165) is 17.4 Å². The van der Waals surface area contributed by atoms with Crippen LogP contribution in [0.25, 0.3) is 0 Å². The van der Waals surface area contributed by atoms with Gasteiger partial charge in [0.25, 0.3) is 5.56 Å². The van der Waals surface area contributed by atoms with Crippen molar-refractivity contribution in [3.8, 4) is 11.8 Å². The summed E-state index contributed by atoms with van der Waals surface area (Å²) in [6, 6.07) is 9.42. The molecule has 0 aliphatic carbocycles. The van der Waals surface area contributed by atoms with Crippen molar-refractivity contribution in [2.75, 3.05) is 6.61 Å². The normalized spacial score (nSPS) is 13.9. The van der Waals surface area contributed by atoms with Gasteiger partial charge in [0.05, 0.1) is 6.54 Å². The van der Waals surface area contributed by atoms with Crippen LogP contribution in [0.3, 0.4) is 0 Å². The highest BCUT2D eigenvalue weighted by Gasteiger charge is 2.23. The molecule has 3 rings (SSSR count). The summed E-state index contributed by atoms with van der Waals surface area (Å²) < 4.78 is 7.92. The van der Waals surface area contributed by atoms with Gasteiger partial charge in [0.15, 0.2) is 0 Å². The number of fused-ring (bicyclic) bond motifs is 1. The monoisotopic (exact) mass is 355 g/mol. The predicted molar refractivity (Wildman–Crippen MR) is 95.3 cm³/mol. The molecule has 136 valence electrons. The fourth-order valence-corrected chi connectivity index (χ4v) is 3.19. The number of benzene rings is 1. The molecular weight excluding hydrogens is 334 g/mol. The van der Waals surface area contributed by atoms with E-state index in [2.05, 4.69) is 6.92 Å². The third kappa shape index (κ3) is 3.41. The van der Waals surface area contributed by atoms with Crippen LogP contribution in [0.2, 0.25) is 0 Å². The van der Waals surface area contributed by atoms with Crippen LogP contribution in [0.1, 0.15) is 30.2 Å². The Morgan fingerprint density at radius 1 is 1.31 bits per heavy atom. The smallest absolute Gasteiger partial charge is 0.331 e. The predicted octanol–water partition coefficient (Wildman–Crippen LogP) is 0.830. The van der Waals surface area contributed by atoms with Gasteiger partial charge < -0.3 is 9.84 Å². The van der Waals surface area contributed by atoms with E-state index in [1.165, 1.54) is 10.1 Å². The second-order valence-electron chi connectivity index (χ2n) is 6.35. The van der Waals surface area contributed by atoms with E-state index < -0.39 is 17.4 Å². The number of nitrogens with zero attached hydrogens (tertiary/aromatic N) is 3. The molecule has 1 aromatic carbocycles. The number of aromatic nitrogens is 2. The third-order valence-electron chi connectivity index (χ3n) is 4.61. The van der Waals surface area contributed by atoms with E-state index in [1.54, 1.807) is 0 Å². The topological polar surface area (TPSA) is 97.2 Å². The highest BCUT2D eigenvalue weighted by atomic mass is 16.5. The SMILES string of the molecule is CCc1ccc(OC[C@H](O)Cn2c(=O)c(C#N)c3n(c2=O)CCC3)cc1. The summed E-state index contributed by atoms with van der Waals surface area (Å²) in [4.78, 5) is 24.9. The molecule has 1 N–H and O–H groups in total. The summed E-state index contributed by atoms with van der Waals surface area (Å²) in [6.07, 6.45) is 1.16. The van der Waals surface area contributed by atoms with Gasteiger partial charge in [-0.1, -0.05) is 19.1 Å². The first kappa shape index (κ1) is 18.0. The highest BCUT2D eigenvalue weighted by molar-refractivity contribution is 5.33. The first-order chi connectivity index (χ1) is 12.5. The Hall–Kier alpha value is -2.85. The number of ether oxygens (including phenoxy) is 1. The van der Waals surface area contributed by atoms with Gasteiger partial charge in [-0.2, -0.15) is 5.26 Å². The first-order valence-electron chi connectivity index (χ1n) is 8.71. The second kappa shape index (κ2) is 7.58. The lowest BCUT2D eigenvalue weighted by Gasteiger charge is -2.15. The molecule has 2 heterocycles. The van der Waals surface area contributed by atoms with Crippen LogP contribution in [0, 0.1) is 11.3 Å². The number of hydrogen-bond donors (Lipinski definition) is 1. The molecule has 0 unspecified atom stereocenters. The maximum atomic E-state index is 12.5. The lowest BCUT2D eigenvalue weighted by molar-refractivity contribution is 0.0899.